The second-order valence-corrected chi connectivity index (χ2v) is 4.44. The number of methoxy groups -OCH3 is 1. The number of fused-ring (bicyclic) bond motifs is 1. The van der Waals surface area contributed by atoms with Crippen LogP contribution < -0.4 is 0 Å². The van der Waals surface area contributed by atoms with Gasteiger partial charge in [0, 0.05) is 16.6 Å². The Bertz CT molecular complexity index is 434. The molecule has 0 fully saturated rings. The maximum atomic E-state index is 11.4. The van der Waals surface area contributed by atoms with Gasteiger partial charge in [-0.1, -0.05) is 23.2 Å². The Balaban J connectivity index is 2.33. The van der Waals surface area contributed by atoms with E-state index >= 15 is 0 Å². The van der Waals surface area contributed by atoms with Gasteiger partial charge >= 0.3 is 6.09 Å². The molecule has 16 heavy (non-hydrogen) atoms. The van der Waals surface area contributed by atoms with Gasteiger partial charge in [-0.25, -0.2) is 4.79 Å². The first-order chi connectivity index (χ1) is 7.63. The first kappa shape index (κ1) is 11.6. The van der Waals surface area contributed by atoms with E-state index in [1.807, 2.05) is 0 Å². The van der Waals surface area contributed by atoms with E-state index in [9.17, 15) is 4.79 Å². The number of ether oxygens (including phenoxy) is 1. The fourth-order valence-corrected chi connectivity index (χ4v) is 2.39. The minimum Gasteiger partial charge on any atom is -0.453 e. The Morgan fingerprint density at radius 3 is 2.56 bits per heavy atom. The summed E-state index contributed by atoms with van der Waals surface area (Å²) in [6.45, 7) is 1.07. The number of benzene rings is 1. The number of carbonyl (C=O) groups is 1. The third kappa shape index (κ3) is 1.97. The molecule has 0 aromatic heterocycles. The summed E-state index contributed by atoms with van der Waals surface area (Å²) in [7, 11) is 1.37. The van der Waals surface area contributed by atoms with Gasteiger partial charge in [0.05, 0.1) is 13.7 Å². The van der Waals surface area contributed by atoms with E-state index in [1.165, 1.54) is 7.11 Å². The summed E-state index contributed by atoms with van der Waals surface area (Å²) in [6.07, 6.45) is 0.380. The molecule has 0 saturated carbocycles. The van der Waals surface area contributed by atoms with Crippen molar-refractivity contribution in [3.8, 4) is 0 Å². The Morgan fingerprint density at radius 1 is 1.31 bits per heavy atom. The molecular weight excluding hydrogens is 249 g/mol. The predicted octanol–water partition coefficient (Wildman–Crippen LogP) is 3.12. The molecular formula is C11H11Cl2NO2. The summed E-state index contributed by atoms with van der Waals surface area (Å²) in [4.78, 5) is 13.0. The van der Waals surface area contributed by atoms with Gasteiger partial charge in [-0.05, 0) is 29.7 Å². The summed E-state index contributed by atoms with van der Waals surface area (Å²) < 4.78 is 4.69. The molecule has 1 amide bonds. The van der Waals surface area contributed by atoms with Crippen LogP contribution in [0.1, 0.15) is 11.1 Å². The largest absolute Gasteiger partial charge is 0.453 e. The highest BCUT2D eigenvalue weighted by atomic mass is 35.5. The van der Waals surface area contributed by atoms with Crippen molar-refractivity contribution in [1.82, 2.24) is 4.90 Å². The molecule has 0 spiro atoms. The van der Waals surface area contributed by atoms with E-state index < -0.39 is 0 Å². The molecule has 0 N–H and O–H groups in total. The van der Waals surface area contributed by atoms with Gasteiger partial charge in [0.15, 0.2) is 0 Å². The minimum atomic E-state index is -0.332. The average Bonchev–Trinajstić information content (AvgIpc) is 2.32. The van der Waals surface area contributed by atoms with Crippen LogP contribution in [0.25, 0.3) is 0 Å². The lowest BCUT2D eigenvalue weighted by Crippen LogP contribution is -2.36. The monoisotopic (exact) mass is 259 g/mol. The average molecular weight is 260 g/mol. The van der Waals surface area contributed by atoms with Crippen LogP contribution in [0, 0.1) is 0 Å². The zero-order chi connectivity index (χ0) is 11.7. The second kappa shape index (κ2) is 4.52. The number of hydrogen-bond donors (Lipinski definition) is 0. The Labute approximate surface area is 104 Å². The van der Waals surface area contributed by atoms with Gasteiger partial charge in [0.2, 0.25) is 0 Å². The van der Waals surface area contributed by atoms with Crippen molar-refractivity contribution in [3.05, 3.63) is 33.3 Å². The molecule has 86 valence electrons. The van der Waals surface area contributed by atoms with Crippen molar-refractivity contribution in [1.29, 1.82) is 0 Å². The third-order valence-electron chi connectivity index (χ3n) is 2.73. The van der Waals surface area contributed by atoms with Crippen LogP contribution in [0.15, 0.2) is 12.1 Å². The summed E-state index contributed by atoms with van der Waals surface area (Å²) in [5, 5.41) is 1.36. The Morgan fingerprint density at radius 2 is 1.94 bits per heavy atom. The fraction of sp³-hybridized carbons (Fsp3) is 0.364. The van der Waals surface area contributed by atoms with E-state index in [4.69, 9.17) is 23.2 Å². The second-order valence-electron chi connectivity index (χ2n) is 3.63. The highest BCUT2D eigenvalue weighted by Gasteiger charge is 2.24. The van der Waals surface area contributed by atoms with Crippen molar-refractivity contribution in [2.45, 2.75) is 13.0 Å². The molecule has 3 nitrogen and oxygen atoms in total. The van der Waals surface area contributed by atoms with Crippen LogP contribution >= 0.6 is 23.2 Å². The molecule has 1 aliphatic rings. The molecule has 1 aromatic rings. The Kier molecular flexibility index (Phi) is 3.26. The van der Waals surface area contributed by atoms with Gasteiger partial charge in [0.25, 0.3) is 0 Å². The van der Waals surface area contributed by atoms with Crippen molar-refractivity contribution in [2.24, 2.45) is 0 Å². The standard InChI is InChI=1S/C11H11Cl2NO2/c1-16-11(15)14-5-4-7-8(6-14)10(13)3-2-9(7)12/h2-3H,4-6H2,1H3. The minimum absolute atomic E-state index is 0.332. The first-order valence-electron chi connectivity index (χ1n) is 4.92. The van der Waals surface area contributed by atoms with E-state index in [0.29, 0.717) is 29.6 Å². The third-order valence-corrected chi connectivity index (χ3v) is 3.44. The summed E-state index contributed by atoms with van der Waals surface area (Å²) in [5.41, 5.74) is 1.96. The number of halogens is 2. The molecule has 0 unspecified atom stereocenters. The molecule has 5 heteroatoms. The Hall–Kier alpha value is -0.930. The summed E-state index contributed by atoms with van der Waals surface area (Å²) in [6, 6.07) is 3.54. The molecule has 2 rings (SSSR count). The lowest BCUT2D eigenvalue weighted by Gasteiger charge is -2.28. The number of amides is 1. The lowest BCUT2D eigenvalue weighted by atomic mass is 10.00. The molecule has 0 radical (unpaired) electrons. The summed E-state index contributed by atoms with van der Waals surface area (Å²) in [5.74, 6) is 0. The number of nitrogens with zero attached hydrogens (tertiary/aromatic N) is 1. The molecule has 0 atom stereocenters. The molecule has 0 saturated heterocycles. The molecule has 0 aliphatic carbocycles. The smallest absolute Gasteiger partial charge is 0.409 e. The molecule has 1 aliphatic heterocycles. The zero-order valence-electron chi connectivity index (χ0n) is 8.80. The lowest BCUT2D eigenvalue weighted by molar-refractivity contribution is 0.118. The van der Waals surface area contributed by atoms with Crippen LogP contribution in [0.3, 0.4) is 0 Å². The van der Waals surface area contributed by atoms with Gasteiger partial charge in [-0.2, -0.15) is 0 Å². The predicted molar refractivity (Wildman–Crippen MR) is 63.0 cm³/mol. The van der Waals surface area contributed by atoms with Gasteiger partial charge in [-0.15, -0.1) is 0 Å². The van der Waals surface area contributed by atoms with E-state index in [2.05, 4.69) is 4.74 Å². The zero-order valence-corrected chi connectivity index (χ0v) is 10.3. The number of carbonyl (C=O) groups excluding carboxylic acids is 1. The molecule has 1 heterocycles. The van der Waals surface area contributed by atoms with E-state index in [0.717, 1.165) is 11.1 Å². The first-order valence-corrected chi connectivity index (χ1v) is 5.67. The molecule has 1 aromatic carbocycles. The van der Waals surface area contributed by atoms with Crippen LogP contribution in [0.2, 0.25) is 10.0 Å². The summed E-state index contributed by atoms with van der Waals surface area (Å²) >= 11 is 12.2. The van der Waals surface area contributed by atoms with Gasteiger partial charge in [0.1, 0.15) is 0 Å². The SMILES string of the molecule is COC(=O)N1CCc2c(Cl)ccc(Cl)c2C1. The fourth-order valence-electron chi connectivity index (χ4n) is 1.88. The van der Waals surface area contributed by atoms with Crippen LogP contribution in [-0.4, -0.2) is 24.6 Å². The number of rotatable bonds is 0. The normalized spacial score (nSPS) is 14.6. The quantitative estimate of drug-likeness (QED) is 0.717. The highest BCUT2D eigenvalue weighted by molar-refractivity contribution is 6.34. The maximum Gasteiger partial charge on any atom is 0.409 e. The van der Waals surface area contributed by atoms with Crippen molar-refractivity contribution >= 4 is 29.3 Å². The van der Waals surface area contributed by atoms with Crippen molar-refractivity contribution in [2.75, 3.05) is 13.7 Å². The van der Waals surface area contributed by atoms with Gasteiger partial charge < -0.3 is 9.64 Å². The van der Waals surface area contributed by atoms with Crippen molar-refractivity contribution in [3.63, 3.8) is 0 Å². The van der Waals surface area contributed by atoms with E-state index in [-0.39, 0.29) is 6.09 Å². The molecule has 0 bridgehead atoms. The highest BCUT2D eigenvalue weighted by Crippen LogP contribution is 2.31. The van der Waals surface area contributed by atoms with Crippen LogP contribution in [0.4, 0.5) is 4.79 Å². The number of hydrogen-bond acceptors (Lipinski definition) is 2. The van der Waals surface area contributed by atoms with Gasteiger partial charge in [-0.3, -0.25) is 0 Å². The maximum absolute atomic E-state index is 11.4. The van der Waals surface area contributed by atoms with Crippen LogP contribution in [-0.2, 0) is 17.7 Å². The van der Waals surface area contributed by atoms with Crippen molar-refractivity contribution < 1.29 is 9.53 Å². The topological polar surface area (TPSA) is 29.5 Å². The van der Waals surface area contributed by atoms with Crippen LogP contribution in [0.5, 0.6) is 0 Å². The van der Waals surface area contributed by atoms with E-state index in [1.54, 1.807) is 17.0 Å².